The lowest BCUT2D eigenvalue weighted by molar-refractivity contribution is -0.137. The van der Waals surface area contributed by atoms with Crippen LogP contribution in [0.25, 0.3) is 0 Å². The summed E-state index contributed by atoms with van der Waals surface area (Å²) in [4.78, 5) is 0. The van der Waals surface area contributed by atoms with Crippen LogP contribution in [-0.2, 0) is 15.7 Å². The first-order chi connectivity index (χ1) is 8.88. The molecule has 1 rings (SSSR count). The van der Waals surface area contributed by atoms with E-state index in [9.17, 15) is 13.2 Å². The predicted molar refractivity (Wildman–Crippen MR) is 65.7 cm³/mol. The number of methoxy groups -OCH3 is 2. The summed E-state index contributed by atoms with van der Waals surface area (Å²) >= 11 is 0. The first-order valence-electron chi connectivity index (χ1n) is 5.84. The summed E-state index contributed by atoms with van der Waals surface area (Å²) in [5.74, 6) is 0. The van der Waals surface area contributed by atoms with Gasteiger partial charge in [-0.2, -0.15) is 13.2 Å². The van der Waals surface area contributed by atoms with Crippen molar-refractivity contribution in [2.24, 2.45) is 0 Å². The third kappa shape index (κ3) is 4.81. The van der Waals surface area contributed by atoms with Crippen molar-refractivity contribution in [3.05, 3.63) is 35.4 Å². The molecule has 0 spiro atoms. The second-order valence-electron chi connectivity index (χ2n) is 4.15. The highest BCUT2D eigenvalue weighted by atomic mass is 19.4. The monoisotopic (exact) mass is 277 g/mol. The van der Waals surface area contributed by atoms with E-state index in [2.05, 4.69) is 5.32 Å². The second kappa shape index (κ2) is 6.88. The first-order valence-corrected chi connectivity index (χ1v) is 5.84. The number of ether oxygens (including phenoxy) is 2. The van der Waals surface area contributed by atoms with Gasteiger partial charge in [0.2, 0.25) is 0 Å². The van der Waals surface area contributed by atoms with Gasteiger partial charge in [-0.15, -0.1) is 0 Å². The molecule has 0 aliphatic heterocycles. The molecular formula is C13H18F3NO2. The van der Waals surface area contributed by atoms with Crippen molar-refractivity contribution in [1.82, 2.24) is 5.32 Å². The van der Waals surface area contributed by atoms with Gasteiger partial charge < -0.3 is 14.8 Å². The van der Waals surface area contributed by atoms with Crippen LogP contribution in [0.1, 0.15) is 24.1 Å². The third-order valence-corrected chi connectivity index (χ3v) is 2.83. The normalized spacial score (nSPS) is 13.8. The Hall–Kier alpha value is -1.11. The summed E-state index contributed by atoms with van der Waals surface area (Å²) in [5, 5.41) is 3.06. The minimum atomic E-state index is -4.32. The van der Waals surface area contributed by atoms with Crippen molar-refractivity contribution in [2.45, 2.75) is 25.4 Å². The minimum Gasteiger partial charge on any atom is -0.355 e. The van der Waals surface area contributed by atoms with Gasteiger partial charge in [0.1, 0.15) is 0 Å². The maximum absolute atomic E-state index is 12.6. The molecule has 0 aliphatic rings. The summed E-state index contributed by atoms with van der Waals surface area (Å²) < 4.78 is 47.8. The molecule has 3 nitrogen and oxygen atoms in total. The van der Waals surface area contributed by atoms with Gasteiger partial charge in [0, 0.05) is 26.8 Å². The van der Waals surface area contributed by atoms with Crippen LogP contribution < -0.4 is 5.32 Å². The van der Waals surface area contributed by atoms with Gasteiger partial charge >= 0.3 is 6.18 Å². The van der Waals surface area contributed by atoms with Crippen molar-refractivity contribution in [3.63, 3.8) is 0 Å². The van der Waals surface area contributed by atoms with Crippen molar-refractivity contribution >= 4 is 0 Å². The van der Waals surface area contributed by atoms with Gasteiger partial charge in [0.05, 0.1) is 5.56 Å². The number of rotatable bonds is 6. The fraction of sp³-hybridized carbons (Fsp3) is 0.538. The van der Waals surface area contributed by atoms with Gasteiger partial charge in [-0.3, -0.25) is 0 Å². The molecule has 0 saturated carbocycles. The molecule has 108 valence electrons. The molecule has 1 N–H and O–H groups in total. The van der Waals surface area contributed by atoms with Crippen molar-refractivity contribution in [1.29, 1.82) is 0 Å². The molecule has 1 aromatic rings. The average molecular weight is 277 g/mol. The second-order valence-corrected chi connectivity index (χ2v) is 4.15. The lowest BCUT2D eigenvalue weighted by Gasteiger charge is -2.19. The standard InChI is InChI=1S/C13H18F3NO2/c1-9(17-8-12(18-2)19-3)10-5-4-6-11(7-10)13(14,15)16/h4-7,9,12,17H,8H2,1-3H3. The van der Waals surface area contributed by atoms with E-state index >= 15 is 0 Å². The first kappa shape index (κ1) is 15.9. The van der Waals surface area contributed by atoms with E-state index in [0.717, 1.165) is 12.1 Å². The van der Waals surface area contributed by atoms with Gasteiger partial charge in [-0.25, -0.2) is 0 Å². The van der Waals surface area contributed by atoms with Gasteiger partial charge in [-0.1, -0.05) is 12.1 Å². The molecule has 0 aromatic heterocycles. The minimum absolute atomic E-state index is 0.227. The fourth-order valence-corrected chi connectivity index (χ4v) is 1.64. The van der Waals surface area contributed by atoms with Gasteiger partial charge in [0.15, 0.2) is 6.29 Å². The zero-order valence-corrected chi connectivity index (χ0v) is 11.1. The van der Waals surface area contributed by atoms with E-state index in [1.165, 1.54) is 20.3 Å². The zero-order chi connectivity index (χ0) is 14.5. The molecule has 0 saturated heterocycles. The number of alkyl halides is 3. The quantitative estimate of drug-likeness (QED) is 0.811. The van der Waals surface area contributed by atoms with Crippen LogP contribution >= 0.6 is 0 Å². The molecule has 0 bridgehead atoms. The number of nitrogens with one attached hydrogen (secondary N) is 1. The summed E-state index contributed by atoms with van der Waals surface area (Å²) in [6, 6.07) is 5.03. The number of halogens is 3. The molecule has 0 radical (unpaired) electrons. The summed E-state index contributed by atoms with van der Waals surface area (Å²) in [6.45, 7) is 2.18. The number of hydrogen-bond acceptors (Lipinski definition) is 3. The Labute approximate surface area is 110 Å². The summed E-state index contributed by atoms with van der Waals surface area (Å²) in [6.07, 6.45) is -4.75. The molecule has 19 heavy (non-hydrogen) atoms. The van der Waals surface area contributed by atoms with E-state index < -0.39 is 18.0 Å². The molecule has 0 amide bonds. The Morgan fingerprint density at radius 2 is 1.84 bits per heavy atom. The molecular weight excluding hydrogens is 259 g/mol. The highest BCUT2D eigenvalue weighted by Crippen LogP contribution is 2.30. The molecule has 0 aliphatic carbocycles. The van der Waals surface area contributed by atoms with E-state index in [-0.39, 0.29) is 6.04 Å². The maximum Gasteiger partial charge on any atom is 0.416 e. The smallest absolute Gasteiger partial charge is 0.355 e. The van der Waals surface area contributed by atoms with Crippen LogP contribution in [0.15, 0.2) is 24.3 Å². The molecule has 6 heteroatoms. The van der Waals surface area contributed by atoms with Crippen LogP contribution in [-0.4, -0.2) is 27.1 Å². The highest BCUT2D eigenvalue weighted by Gasteiger charge is 2.30. The largest absolute Gasteiger partial charge is 0.416 e. The zero-order valence-electron chi connectivity index (χ0n) is 11.1. The SMILES string of the molecule is COC(CNC(C)c1cccc(C(F)(F)F)c1)OC. The van der Waals surface area contributed by atoms with Crippen molar-refractivity contribution in [2.75, 3.05) is 20.8 Å². The average Bonchev–Trinajstić information content (AvgIpc) is 2.39. The molecule has 0 fully saturated rings. The summed E-state index contributed by atoms with van der Waals surface area (Å²) in [5.41, 5.74) is -0.0746. The molecule has 1 unspecified atom stereocenters. The molecule has 0 heterocycles. The Kier molecular flexibility index (Phi) is 5.78. The van der Waals surface area contributed by atoms with Crippen molar-refractivity contribution in [3.8, 4) is 0 Å². The maximum atomic E-state index is 12.6. The Balaban J connectivity index is 2.69. The van der Waals surface area contributed by atoms with Crippen LogP contribution in [0, 0.1) is 0 Å². The van der Waals surface area contributed by atoms with Crippen LogP contribution in [0.2, 0.25) is 0 Å². The fourth-order valence-electron chi connectivity index (χ4n) is 1.64. The van der Waals surface area contributed by atoms with E-state index in [1.807, 2.05) is 0 Å². The lowest BCUT2D eigenvalue weighted by Crippen LogP contribution is -2.31. The Morgan fingerprint density at radius 1 is 1.21 bits per heavy atom. The van der Waals surface area contributed by atoms with E-state index in [4.69, 9.17) is 9.47 Å². The topological polar surface area (TPSA) is 30.5 Å². The summed E-state index contributed by atoms with van der Waals surface area (Å²) in [7, 11) is 3.01. The number of hydrogen-bond donors (Lipinski definition) is 1. The third-order valence-electron chi connectivity index (χ3n) is 2.83. The van der Waals surface area contributed by atoms with Gasteiger partial charge in [-0.05, 0) is 24.6 Å². The Morgan fingerprint density at radius 3 is 2.37 bits per heavy atom. The van der Waals surface area contributed by atoms with E-state index in [0.29, 0.717) is 12.1 Å². The van der Waals surface area contributed by atoms with Crippen LogP contribution in [0.3, 0.4) is 0 Å². The number of benzene rings is 1. The lowest BCUT2D eigenvalue weighted by atomic mass is 10.0. The van der Waals surface area contributed by atoms with Gasteiger partial charge in [0.25, 0.3) is 0 Å². The predicted octanol–water partition coefficient (Wildman–Crippen LogP) is 2.97. The van der Waals surface area contributed by atoms with Crippen LogP contribution in [0.5, 0.6) is 0 Å². The van der Waals surface area contributed by atoms with E-state index in [1.54, 1.807) is 13.0 Å². The Bertz CT molecular complexity index is 392. The molecule has 1 aromatic carbocycles. The van der Waals surface area contributed by atoms with Crippen LogP contribution in [0.4, 0.5) is 13.2 Å². The van der Waals surface area contributed by atoms with Crippen molar-refractivity contribution < 1.29 is 22.6 Å². The highest BCUT2D eigenvalue weighted by molar-refractivity contribution is 5.27. The molecule has 1 atom stereocenters.